The van der Waals surface area contributed by atoms with E-state index in [1.807, 2.05) is 6.92 Å². The van der Waals surface area contributed by atoms with Gasteiger partial charge < -0.3 is 19.0 Å². The lowest BCUT2D eigenvalue weighted by atomic mass is 9.66. The van der Waals surface area contributed by atoms with E-state index in [0.29, 0.717) is 28.5 Å². The van der Waals surface area contributed by atoms with Crippen LogP contribution < -0.4 is 14.2 Å². The van der Waals surface area contributed by atoms with Gasteiger partial charge in [-0.2, -0.15) is 0 Å². The Kier molecular flexibility index (Phi) is 4.97. The summed E-state index contributed by atoms with van der Waals surface area (Å²) >= 11 is 0. The van der Waals surface area contributed by atoms with Gasteiger partial charge in [-0.25, -0.2) is 4.39 Å². The second kappa shape index (κ2) is 7.45. The minimum atomic E-state index is -1.18. The number of benzene rings is 2. The highest BCUT2D eigenvalue weighted by atomic mass is 19.1. The molecule has 1 spiro atoms. The standard InChI is InChI=1S/C27H30FNO5/c1-25(2)20-11-12-26(25,3)24(30)27(20)22(15-7-9-16(28)10-8-15)23(29-34-27)21-18(32-5)13-17(31-4)14-19(21)33-6/h7-10,13-14,20,22H,11-12H2,1-6H3/t20-,22+,26-,27+/m1/s1. The number of carbonyl (C=O) groups excluding carboxylic acids is 1. The van der Waals surface area contributed by atoms with Crippen LogP contribution in [0.2, 0.25) is 0 Å². The van der Waals surface area contributed by atoms with Crippen LogP contribution >= 0.6 is 0 Å². The van der Waals surface area contributed by atoms with Gasteiger partial charge in [0, 0.05) is 23.5 Å². The van der Waals surface area contributed by atoms with E-state index < -0.39 is 16.9 Å². The first-order valence-electron chi connectivity index (χ1n) is 11.5. The second-order valence-corrected chi connectivity index (χ2v) is 10.2. The Bertz CT molecular complexity index is 1170. The molecule has 5 rings (SSSR count). The number of rotatable bonds is 5. The number of nitrogens with zero attached hydrogens (tertiary/aromatic N) is 1. The highest BCUT2D eigenvalue weighted by Gasteiger charge is 2.79. The van der Waals surface area contributed by atoms with Crippen LogP contribution in [0.5, 0.6) is 17.2 Å². The molecule has 7 heteroatoms. The van der Waals surface area contributed by atoms with E-state index in [1.165, 1.54) is 12.1 Å². The van der Waals surface area contributed by atoms with Crippen molar-refractivity contribution in [1.82, 2.24) is 0 Å². The van der Waals surface area contributed by atoms with E-state index in [4.69, 9.17) is 19.0 Å². The molecule has 34 heavy (non-hydrogen) atoms. The summed E-state index contributed by atoms with van der Waals surface area (Å²) in [6.07, 6.45) is 1.67. The molecule has 2 aliphatic carbocycles. The number of oxime groups is 1. The van der Waals surface area contributed by atoms with E-state index in [0.717, 1.165) is 18.4 Å². The fraction of sp³-hybridized carbons (Fsp3) is 0.481. The van der Waals surface area contributed by atoms with Crippen molar-refractivity contribution in [3.8, 4) is 17.2 Å². The zero-order valence-electron chi connectivity index (χ0n) is 20.4. The maximum Gasteiger partial charge on any atom is 0.211 e. The molecule has 180 valence electrons. The number of hydrogen-bond acceptors (Lipinski definition) is 6. The molecule has 6 nitrogen and oxygen atoms in total. The third-order valence-corrected chi connectivity index (χ3v) is 8.77. The molecule has 3 aliphatic rings. The summed E-state index contributed by atoms with van der Waals surface area (Å²) in [6.45, 7) is 6.34. The lowest BCUT2D eigenvalue weighted by molar-refractivity contribution is -0.153. The average molecular weight is 468 g/mol. The molecule has 2 bridgehead atoms. The van der Waals surface area contributed by atoms with Gasteiger partial charge in [0.25, 0.3) is 0 Å². The first-order valence-corrected chi connectivity index (χ1v) is 11.5. The van der Waals surface area contributed by atoms with Gasteiger partial charge in [0.05, 0.1) is 32.8 Å². The Balaban J connectivity index is 1.75. The van der Waals surface area contributed by atoms with Crippen molar-refractivity contribution in [2.24, 2.45) is 21.9 Å². The van der Waals surface area contributed by atoms with Gasteiger partial charge in [0.15, 0.2) is 5.78 Å². The molecule has 2 aromatic carbocycles. The van der Waals surface area contributed by atoms with Crippen LogP contribution in [0.15, 0.2) is 41.6 Å². The monoisotopic (exact) mass is 467 g/mol. The van der Waals surface area contributed by atoms with Gasteiger partial charge in [0.1, 0.15) is 28.8 Å². The zero-order chi connectivity index (χ0) is 24.5. The minimum absolute atomic E-state index is 0.0518. The van der Waals surface area contributed by atoms with Crippen LogP contribution in [-0.4, -0.2) is 38.4 Å². The fourth-order valence-corrected chi connectivity index (χ4v) is 6.63. The first kappa shape index (κ1) is 22.7. The number of hydrogen-bond donors (Lipinski definition) is 0. The van der Waals surface area contributed by atoms with Crippen molar-refractivity contribution in [2.45, 2.75) is 45.1 Å². The molecule has 2 aromatic rings. The topological polar surface area (TPSA) is 66.3 Å². The van der Waals surface area contributed by atoms with Crippen molar-refractivity contribution >= 4 is 11.5 Å². The van der Waals surface area contributed by atoms with Crippen molar-refractivity contribution in [2.75, 3.05) is 21.3 Å². The molecule has 0 unspecified atom stereocenters. The molecule has 2 saturated carbocycles. The minimum Gasteiger partial charge on any atom is -0.496 e. The van der Waals surface area contributed by atoms with Gasteiger partial charge in [-0.05, 0) is 36.0 Å². The smallest absolute Gasteiger partial charge is 0.211 e. The van der Waals surface area contributed by atoms with Gasteiger partial charge in [0.2, 0.25) is 5.60 Å². The summed E-state index contributed by atoms with van der Waals surface area (Å²) in [6, 6.07) is 9.74. The van der Waals surface area contributed by atoms with Crippen LogP contribution in [0.3, 0.4) is 0 Å². The van der Waals surface area contributed by atoms with Crippen molar-refractivity contribution < 1.29 is 28.2 Å². The first-order chi connectivity index (χ1) is 16.2. The quantitative estimate of drug-likeness (QED) is 0.610. The summed E-state index contributed by atoms with van der Waals surface area (Å²) in [4.78, 5) is 20.5. The summed E-state index contributed by atoms with van der Waals surface area (Å²) in [5.41, 5.74) is -0.104. The Hall–Kier alpha value is -3.09. The molecule has 1 aliphatic heterocycles. The van der Waals surface area contributed by atoms with E-state index in [9.17, 15) is 9.18 Å². The van der Waals surface area contributed by atoms with Crippen LogP contribution in [0, 0.1) is 22.6 Å². The Morgan fingerprint density at radius 2 is 1.62 bits per heavy atom. The summed E-state index contributed by atoms with van der Waals surface area (Å²) in [7, 11) is 4.68. The summed E-state index contributed by atoms with van der Waals surface area (Å²) in [5, 5.41) is 4.56. The number of halogens is 1. The van der Waals surface area contributed by atoms with Gasteiger partial charge in [-0.3, -0.25) is 4.79 Å². The maximum absolute atomic E-state index is 14.2. The van der Waals surface area contributed by atoms with Crippen molar-refractivity contribution in [3.63, 3.8) is 0 Å². The SMILES string of the molecule is COc1cc(OC)c(C2=NO[C@]3(C(=O)[C@@]4(C)CC[C@@H]3C4(C)C)[C@H]2c2ccc(F)cc2)c(OC)c1. The highest BCUT2D eigenvalue weighted by molar-refractivity contribution is 6.15. The third-order valence-electron chi connectivity index (χ3n) is 8.77. The Morgan fingerprint density at radius 3 is 2.12 bits per heavy atom. The third kappa shape index (κ3) is 2.67. The Labute approximate surface area is 199 Å². The number of ether oxygens (including phenoxy) is 3. The molecule has 0 saturated heterocycles. The predicted molar refractivity (Wildman–Crippen MR) is 125 cm³/mol. The number of carbonyl (C=O) groups is 1. The van der Waals surface area contributed by atoms with E-state index in [-0.39, 0.29) is 22.9 Å². The molecule has 2 fully saturated rings. The van der Waals surface area contributed by atoms with Gasteiger partial charge >= 0.3 is 0 Å². The van der Waals surface area contributed by atoms with Crippen LogP contribution in [0.4, 0.5) is 4.39 Å². The molecule has 0 N–H and O–H groups in total. The zero-order valence-corrected chi connectivity index (χ0v) is 20.4. The van der Waals surface area contributed by atoms with E-state index >= 15 is 0 Å². The largest absolute Gasteiger partial charge is 0.496 e. The molecule has 0 radical (unpaired) electrons. The maximum atomic E-state index is 14.2. The highest BCUT2D eigenvalue weighted by Crippen LogP contribution is 2.72. The number of fused-ring (bicyclic) bond motifs is 3. The lowest BCUT2D eigenvalue weighted by Gasteiger charge is -2.37. The molecule has 4 atom stereocenters. The van der Waals surface area contributed by atoms with E-state index in [2.05, 4.69) is 19.0 Å². The molecular weight excluding hydrogens is 437 g/mol. The molecule has 1 heterocycles. The molecule has 0 aromatic heterocycles. The fourth-order valence-electron chi connectivity index (χ4n) is 6.63. The van der Waals surface area contributed by atoms with Gasteiger partial charge in [-0.1, -0.05) is 38.1 Å². The van der Waals surface area contributed by atoms with Crippen LogP contribution in [-0.2, 0) is 9.63 Å². The van der Waals surface area contributed by atoms with Gasteiger partial charge in [-0.15, -0.1) is 0 Å². The van der Waals surface area contributed by atoms with Crippen LogP contribution in [0.25, 0.3) is 0 Å². The molecular formula is C27H30FNO5. The number of Topliss-reactive ketones (excluding diaryl/α,β-unsaturated/α-hetero) is 1. The molecule has 0 amide bonds. The van der Waals surface area contributed by atoms with E-state index in [1.54, 1.807) is 45.6 Å². The van der Waals surface area contributed by atoms with Crippen molar-refractivity contribution in [1.29, 1.82) is 0 Å². The Morgan fingerprint density at radius 1 is 1.00 bits per heavy atom. The summed E-state index contributed by atoms with van der Waals surface area (Å²) in [5.74, 6) is 0.650. The normalized spacial score (nSPS) is 30.9. The summed E-state index contributed by atoms with van der Waals surface area (Å²) < 4.78 is 30.7. The lowest BCUT2D eigenvalue weighted by Crippen LogP contribution is -2.51. The van der Waals surface area contributed by atoms with Crippen molar-refractivity contribution in [3.05, 3.63) is 53.3 Å². The predicted octanol–water partition coefficient (Wildman–Crippen LogP) is 5.13. The number of methoxy groups -OCH3 is 3. The second-order valence-electron chi connectivity index (χ2n) is 10.2. The van der Waals surface area contributed by atoms with Crippen LogP contribution in [0.1, 0.15) is 50.7 Å². The number of ketones is 1. The average Bonchev–Trinajstić information content (AvgIpc) is 3.36.